The van der Waals surface area contributed by atoms with E-state index in [9.17, 15) is 21.6 Å². The molecule has 0 aliphatic heterocycles. The van der Waals surface area contributed by atoms with Crippen LogP contribution in [-0.2, 0) is 14.8 Å². The first-order valence-corrected chi connectivity index (χ1v) is 7.80. The quantitative estimate of drug-likeness (QED) is 0.777. The van der Waals surface area contributed by atoms with Crippen LogP contribution in [0.15, 0.2) is 27.6 Å². The van der Waals surface area contributed by atoms with Gasteiger partial charge in [-0.15, -0.1) is 0 Å². The SMILES string of the molecule is Cc1ccc(Br)cc1S(=O)(=O)NCCOCC(F)(F)F. The molecule has 1 N–H and O–H groups in total. The van der Waals surface area contributed by atoms with Crippen LogP contribution in [0.1, 0.15) is 5.56 Å². The maximum atomic E-state index is 12.0. The maximum Gasteiger partial charge on any atom is 0.411 e. The number of benzene rings is 1. The van der Waals surface area contributed by atoms with E-state index in [1.54, 1.807) is 19.1 Å². The van der Waals surface area contributed by atoms with Crippen molar-refractivity contribution in [2.24, 2.45) is 0 Å². The van der Waals surface area contributed by atoms with Crippen molar-refractivity contribution in [3.05, 3.63) is 28.2 Å². The fourth-order valence-corrected chi connectivity index (χ4v) is 3.17. The summed E-state index contributed by atoms with van der Waals surface area (Å²) in [5.41, 5.74) is 0.539. The van der Waals surface area contributed by atoms with Gasteiger partial charge in [0.1, 0.15) is 6.61 Å². The monoisotopic (exact) mass is 375 g/mol. The summed E-state index contributed by atoms with van der Waals surface area (Å²) in [7, 11) is -3.77. The second kappa shape index (κ2) is 6.88. The fraction of sp³-hybridized carbons (Fsp3) is 0.455. The maximum absolute atomic E-state index is 12.0. The first kappa shape index (κ1) is 17.4. The number of ether oxygens (including phenoxy) is 1. The van der Waals surface area contributed by atoms with E-state index in [0.717, 1.165) is 0 Å². The van der Waals surface area contributed by atoms with E-state index in [2.05, 4.69) is 25.4 Å². The average molecular weight is 376 g/mol. The molecule has 0 bridgehead atoms. The Bertz CT molecular complexity index is 561. The molecule has 0 aliphatic rings. The predicted octanol–water partition coefficient (Wildman–Crippen LogP) is 2.61. The number of hydrogen-bond acceptors (Lipinski definition) is 3. The Morgan fingerprint density at radius 1 is 1.35 bits per heavy atom. The Morgan fingerprint density at radius 3 is 2.60 bits per heavy atom. The van der Waals surface area contributed by atoms with Gasteiger partial charge in [-0.25, -0.2) is 13.1 Å². The number of hydrogen-bond donors (Lipinski definition) is 1. The molecule has 1 aromatic rings. The smallest absolute Gasteiger partial charge is 0.371 e. The Balaban J connectivity index is 2.56. The van der Waals surface area contributed by atoms with Crippen LogP contribution in [0.25, 0.3) is 0 Å². The van der Waals surface area contributed by atoms with Crippen LogP contribution in [0.5, 0.6) is 0 Å². The highest BCUT2D eigenvalue weighted by Gasteiger charge is 2.27. The summed E-state index contributed by atoms with van der Waals surface area (Å²) in [6.45, 7) is -0.359. The lowest BCUT2D eigenvalue weighted by molar-refractivity contribution is -0.173. The molecule has 0 fully saturated rings. The Morgan fingerprint density at radius 2 is 2.00 bits per heavy atom. The third kappa shape index (κ3) is 5.78. The van der Waals surface area contributed by atoms with Crippen LogP contribution in [0.4, 0.5) is 13.2 Å². The highest BCUT2D eigenvalue weighted by atomic mass is 79.9. The third-order valence-electron chi connectivity index (χ3n) is 2.24. The van der Waals surface area contributed by atoms with Crippen molar-refractivity contribution in [1.29, 1.82) is 0 Å². The lowest BCUT2D eigenvalue weighted by Crippen LogP contribution is -2.29. The first-order chi connectivity index (χ1) is 9.12. The molecule has 0 unspecified atom stereocenters. The minimum Gasteiger partial charge on any atom is -0.371 e. The number of aryl methyl sites for hydroxylation is 1. The van der Waals surface area contributed by atoms with E-state index < -0.39 is 22.8 Å². The number of rotatable bonds is 6. The van der Waals surface area contributed by atoms with Gasteiger partial charge in [0.2, 0.25) is 10.0 Å². The van der Waals surface area contributed by atoms with Crippen LogP contribution in [0, 0.1) is 6.92 Å². The second-order valence-electron chi connectivity index (χ2n) is 3.98. The lowest BCUT2D eigenvalue weighted by atomic mass is 10.2. The van der Waals surface area contributed by atoms with Crippen LogP contribution in [0.2, 0.25) is 0 Å². The van der Waals surface area contributed by atoms with Gasteiger partial charge >= 0.3 is 6.18 Å². The molecule has 9 heteroatoms. The van der Waals surface area contributed by atoms with Gasteiger partial charge in [0.25, 0.3) is 0 Å². The predicted molar refractivity (Wildman–Crippen MR) is 70.9 cm³/mol. The number of alkyl halides is 3. The number of sulfonamides is 1. The largest absolute Gasteiger partial charge is 0.411 e. The van der Waals surface area contributed by atoms with Crippen molar-refractivity contribution in [2.45, 2.75) is 18.0 Å². The number of halogens is 4. The molecule has 0 spiro atoms. The summed E-state index contributed by atoms with van der Waals surface area (Å²) in [5, 5.41) is 0. The Kier molecular flexibility index (Phi) is 5.99. The molecule has 0 saturated carbocycles. The molecule has 4 nitrogen and oxygen atoms in total. The molecular weight excluding hydrogens is 363 g/mol. The van der Waals surface area contributed by atoms with E-state index in [1.165, 1.54) is 6.07 Å². The molecule has 0 amide bonds. The minimum absolute atomic E-state index is 0.0719. The van der Waals surface area contributed by atoms with Crippen molar-refractivity contribution in [2.75, 3.05) is 19.8 Å². The van der Waals surface area contributed by atoms with Crippen molar-refractivity contribution in [1.82, 2.24) is 4.72 Å². The van der Waals surface area contributed by atoms with Gasteiger partial charge in [-0.3, -0.25) is 0 Å². The van der Waals surface area contributed by atoms with Gasteiger partial charge in [0.05, 0.1) is 11.5 Å². The molecule has 0 saturated heterocycles. The summed E-state index contributed by atoms with van der Waals surface area (Å²) >= 11 is 3.16. The average Bonchev–Trinajstić information content (AvgIpc) is 2.30. The van der Waals surface area contributed by atoms with Crippen LogP contribution in [-0.4, -0.2) is 34.4 Å². The van der Waals surface area contributed by atoms with Crippen molar-refractivity contribution >= 4 is 26.0 Å². The molecule has 1 aromatic carbocycles. The normalized spacial score (nSPS) is 12.7. The summed E-state index contributed by atoms with van der Waals surface area (Å²) in [4.78, 5) is 0.0719. The molecule has 0 aliphatic carbocycles. The van der Waals surface area contributed by atoms with Crippen LogP contribution < -0.4 is 4.72 Å². The van der Waals surface area contributed by atoms with Gasteiger partial charge in [-0.1, -0.05) is 22.0 Å². The zero-order valence-corrected chi connectivity index (χ0v) is 12.9. The van der Waals surface area contributed by atoms with Gasteiger partial charge in [0.15, 0.2) is 0 Å². The zero-order chi connectivity index (χ0) is 15.4. The van der Waals surface area contributed by atoms with Crippen molar-refractivity contribution < 1.29 is 26.3 Å². The molecule has 0 radical (unpaired) electrons. The lowest BCUT2D eigenvalue weighted by Gasteiger charge is -2.11. The standard InChI is InChI=1S/C11H13BrF3NO3S/c1-8-2-3-9(12)6-10(8)20(17,18)16-4-5-19-7-11(13,14)15/h2-3,6,16H,4-5,7H2,1H3. The molecule has 20 heavy (non-hydrogen) atoms. The topological polar surface area (TPSA) is 55.4 Å². The van der Waals surface area contributed by atoms with Gasteiger partial charge in [-0.05, 0) is 24.6 Å². The second-order valence-corrected chi connectivity index (χ2v) is 6.63. The van der Waals surface area contributed by atoms with E-state index in [-0.39, 0.29) is 18.0 Å². The summed E-state index contributed by atoms with van der Waals surface area (Å²) < 4.78 is 66.4. The number of nitrogens with one attached hydrogen (secondary N) is 1. The fourth-order valence-electron chi connectivity index (χ4n) is 1.38. The summed E-state index contributed by atoms with van der Waals surface area (Å²) in [6.07, 6.45) is -4.42. The molecule has 0 heterocycles. The first-order valence-electron chi connectivity index (χ1n) is 5.52. The molecule has 114 valence electrons. The van der Waals surface area contributed by atoms with E-state index in [0.29, 0.717) is 10.0 Å². The van der Waals surface area contributed by atoms with Crippen molar-refractivity contribution in [3.8, 4) is 0 Å². The highest BCUT2D eigenvalue weighted by molar-refractivity contribution is 9.10. The third-order valence-corrected chi connectivity index (χ3v) is 4.34. The van der Waals surface area contributed by atoms with Gasteiger partial charge < -0.3 is 4.74 Å². The molecule has 0 aromatic heterocycles. The van der Waals surface area contributed by atoms with Crippen molar-refractivity contribution in [3.63, 3.8) is 0 Å². The minimum atomic E-state index is -4.42. The highest BCUT2D eigenvalue weighted by Crippen LogP contribution is 2.20. The molecular formula is C11H13BrF3NO3S. The zero-order valence-electron chi connectivity index (χ0n) is 10.5. The van der Waals surface area contributed by atoms with Crippen LogP contribution >= 0.6 is 15.9 Å². The Hall–Kier alpha value is -0.640. The van der Waals surface area contributed by atoms with Crippen LogP contribution in [0.3, 0.4) is 0 Å². The summed E-state index contributed by atoms with van der Waals surface area (Å²) in [6, 6.07) is 4.74. The van der Waals surface area contributed by atoms with E-state index in [4.69, 9.17) is 0 Å². The van der Waals surface area contributed by atoms with Gasteiger partial charge in [-0.2, -0.15) is 13.2 Å². The van der Waals surface area contributed by atoms with E-state index >= 15 is 0 Å². The Labute approximate surface area is 123 Å². The summed E-state index contributed by atoms with van der Waals surface area (Å²) in [5.74, 6) is 0. The van der Waals surface area contributed by atoms with E-state index in [1.807, 2.05) is 0 Å². The molecule has 0 atom stereocenters. The van der Waals surface area contributed by atoms with Gasteiger partial charge in [0, 0.05) is 11.0 Å². The molecule has 1 rings (SSSR count).